The van der Waals surface area contributed by atoms with E-state index in [1.165, 1.54) is 4.90 Å². The van der Waals surface area contributed by atoms with Gasteiger partial charge in [0.15, 0.2) is 0 Å². The van der Waals surface area contributed by atoms with Gasteiger partial charge >= 0.3 is 0 Å². The van der Waals surface area contributed by atoms with Gasteiger partial charge in [-0.3, -0.25) is 19.2 Å². The van der Waals surface area contributed by atoms with Crippen LogP contribution in [-0.4, -0.2) is 66.2 Å². The maximum atomic E-state index is 12.7. The van der Waals surface area contributed by atoms with Crippen LogP contribution >= 0.6 is 0 Å². The van der Waals surface area contributed by atoms with E-state index in [1.54, 1.807) is 36.3 Å². The Morgan fingerprint density at radius 1 is 1.03 bits per heavy atom. The van der Waals surface area contributed by atoms with Crippen molar-refractivity contribution in [2.75, 3.05) is 32.1 Å². The molecule has 9 heteroatoms. The monoisotopic (exact) mass is 464 g/mol. The van der Waals surface area contributed by atoms with E-state index in [0.717, 1.165) is 24.2 Å². The molecule has 2 aliphatic rings. The van der Waals surface area contributed by atoms with Gasteiger partial charge in [-0.15, -0.1) is 0 Å². The van der Waals surface area contributed by atoms with Gasteiger partial charge < -0.3 is 25.2 Å². The van der Waals surface area contributed by atoms with Crippen molar-refractivity contribution in [2.45, 2.75) is 31.8 Å². The Kier molecular flexibility index (Phi) is 7.10. The highest BCUT2D eigenvalue weighted by Crippen LogP contribution is 2.23. The Morgan fingerprint density at radius 3 is 2.47 bits per heavy atom. The summed E-state index contributed by atoms with van der Waals surface area (Å²) in [5.74, 6) is -0.148. The Morgan fingerprint density at radius 2 is 1.76 bits per heavy atom. The molecular formula is C25H28N4O5. The fourth-order valence-electron chi connectivity index (χ4n) is 4.27. The third-order valence-corrected chi connectivity index (χ3v) is 6.12. The predicted molar refractivity (Wildman–Crippen MR) is 125 cm³/mol. The number of benzene rings is 2. The number of piperidine rings is 1. The lowest BCUT2D eigenvalue weighted by Crippen LogP contribution is -2.62. The molecule has 2 aromatic carbocycles. The summed E-state index contributed by atoms with van der Waals surface area (Å²) < 4.78 is 5.12. The molecule has 4 amide bonds. The summed E-state index contributed by atoms with van der Waals surface area (Å²) in [6.07, 6.45) is 2.45. The van der Waals surface area contributed by atoms with Crippen molar-refractivity contribution in [3.63, 3.8) is 0 Å². The first-order valence-corrected chi connectivity index (χ1v) is 11.3. The van der Waals surface area contributed by atoms with Crippen LogP contribution < -0.4 is 15.4 Å². The number of methoxy groups -OCH3 is 1. The molecule has 0 spiro atoms. The molecule has 2 N–H and O–H groups in total. The van der Waals surface area contributed by atoms with E-state index in [1.807, 2.05) is 24.3 Å². The molecule has 4 rings (SSSR count). The highest BCUT2D eigenvalue weighted by molar-refractivity contribution is 6.00. The minimum atomic E-state index is -0.446. The lowest BCUT2D eigenvalue weighted by atomic mass is 9.98. The molecule has 0 saturated carbocycles. The Hall–Kier alpha value is -3.88. The Bertz CT molecular complexity index is 1070. The van der Waals surface area contributed by atoms with Gasteiger partial charge in [-0.1, -0.05) is 12.1 Å². The Balaban J connectivity index is 1.28. The standard InChI is InChI=1S/C25H28N4O5/c1-34-20-11-5-17(6-12-20)14-26-24(32)18-7-9-19(10-8-18)27-22(30)15-28-16-23(31)29-13-3-2-4-21(29)25(28)33/h5-12,21H,2-4,13-16H2,1H3,(H,26,32)(H,27,30)/t21-/m0/s1. The van der Waals surface area contributed by atoms with Gasteiger partial charge in [0.1, 0.15) is 24.9 Å². The van der Waals surface area contributed by atoms with Crippen molar-refractivity contribution in [1.82, 2.24) is 15.1 Å². The number of fused-ring (bicyclic) bond motifs is 1. The van der Waals surface area contributed by atoms with Gasteiger partial charge in [-0.25, -0.2) is 0 Å². The van der Waals surface area contributed by atoms with Gasteiger partial charge in [0, 0.05) is 24.3 Å². The number of nitrogens with one attached hydrogen (secondary N) is 2. The fraction of sp³-hybridized carbons (Fsp3) is 0.360. The third kappa shape index (κ3) is 5.36. The van der Waals surface area contributed by atoms with Crippen LogP contribution in [0.2, 0.25) is 0 Å². The minimum absolute atomic E-state index is 0.0734. The third-order valence-electron chi connectivity index (χ3n) is 6.12. The molecule has 0 radical (unpaired) electrons. The van der Waals surface area contributed by atoms with Crippen molar-refractivity contribution in [3.05, 3.63) is 59.7 Å². The molecule has 9 nitrogen and oxygen atoms in total. The lowest BCUT2D eigenvalue weighted by molar-refractivity contribution is -0.158. The number of piperazine rings is 1. The van der Waals surface area contributed by atoms with Crippen LogP contribution in [0.25, 0.3) is 0 Å². The number of rotatable bonds is 7. The molecule has 2 heterocycles. The molecule has 0 aromatic heterocycles. The molecule has 2 saturated heterocycles. The van der Waals surface area contributed by atoms with Crippen LogP contribution in [0.5, 0.6) is 5.75 Å². The number of hydrogen-bond donors (Lipinski definition) is 2. The van der Waals surface area contributed by atoms with Gasteiger partial charge in [0.05, 0.1) is 7.11 Å². The number of nitrogens with zero attached hydrogens (tertiary/aromatic N) is 2. The van der Waals surface area contributed by atoms with E-state index in [9.17, 15) is 19.2 Å². The quantitative estimate of drug-likeness (QED) is 0.650. The number of carbonyl (C=O) groups is 4. The van der Waals surface area contributed by atoms with Crippen molar-refractivity contribution in [3.8, 4) is 5.75 Å². The summed E-state index contributed by atoms with van der Waals surface area (Å²) in [6.45, 7) is 0.729. The van der Waals surface area contributed by atoms with E-state index in [2.05, 4.69) is 10.6 Å². The second-order valence-electron chi connectivity index (χ2n) is 8.45. The minimum Gasteiger partial charge on any atom is -0.497 e. The van der Waals surface area contributed by atoms with Crippen molar-refractivity contribution in [2.24, 2.45) is 0 Å². The highest BCUT2D eigenvalue weighted by Gasteiger charge is 2.40. The van der Waals surface area contributed by atoms with Crippen LogP contribution in [-0.2, 0) is 20.9 Å². The number of amides is 4. The van der Waals surface area contributed by atoms with Gasteiger partial charge in [-0.2, -0.15) is 0 Å². The second kappa shape index (κ2) is 10.4. The Labute approximate surface area is 198 Å². The summed E-state index contributed by atoms with van der Waals surface area (Å²) in [5.41, 5.74) is 1.91. The molecule has 34 heavy (non-hydrogen) atoms. The van der Waals surface area contributed by atoms with Gasteiger partial charge in [0.2, 0.25) is 17.7 Å². The molecule has 2 fully saturated rings. The first-order chi connectivity index (χ1) is 16.4. The summed E-state index contributed by atoms with van der Waals surface area (Å²) >= 11 is 0. The average molecular weight is 465 g/mol. The van der Waals surface area contributed by atoms with Crippen LogP contribution in [0.3, 0.4) is 0 Å². The normalized spacial score (nSPS) is 17.7. The van der Waals surface area contributed by atoms with Crippen LogP contribution in [0.15, 0.2) is 48.5 Å². The zero-order valence-corrected chi connectivity index (χ0v) is 19.1. The first kappa shape index (κ1) is 23.3. The molecule has 0 unspecified atom stereocenters. The molecule has 0 bridgehead atoms. The maximum Gasteiger partial charge on any atom is 0.251 e. The summed E-state index contributed by atoms with van der Waals surface area (Å²) in [6, 6.07) is 13.5. The number of anilines is 1. The second-order valence-corrected chi connectivity index (χ2v) is 8.45. The number of carbonyl (C=O) groups excluding carboxylic acids is 4. The first-order valence-electron chi connectivity index (χ1n) is 11.3. The van der Waals surface area contributed by atoms with E-state index in [0.29, 0.717) is 30.8 Å². The van der Waals surface area contributed by atoms with E-state index >= 15 is 0 Å². The van der Waals surface area contributed by atoms with E-state index < -0.39 is 6.04 Å². The van der Waals surface area contributed by atoms with E-state index in [-0.39, 0.29) is 36.7 Å². The van der Waals surface area contributed by atoms with Crippen LogP contribution in [0.1, 0.15) is 35.2 Å². The molecule has 2 aromatic rings. The van der Waals surface area contributed by atoms with Crippen molar-refractivity contribution < 1.29 is 23.9 Å². The average Bonchev–Trinajstić information content (AvgIpc) is 2.86. The van der Waals surface area contributed by atoms with Crippen molar-refractivity contribution >= 4 is 29.3 Å². The SMILES string of the molecule is COc1ccc(CNC(=O)c2ccc(NC(=O)CN3CC(=O)N4CCCC[C@H]4C3=O)cc2)cc1. The zero-order valence-electron chi connectivity index (χ0n) is 19.1. The smallest absolute Gasteiger partial charge is 0.251 e. The predicted octanol–water partition coefficient (Wildman–Crippen LogP) is 1.79. The van der Waals surface area contributed by atoms with Crippen LogP contribution in [0, 0.1) is 0 Å². The topological polar surface area (TPSA) is 108 Å². The van der Waals surface area contributed by atoms with E-state index in [4.69, 9.17) is 4.74 Å². The molecular weight excluding hydrogens is 436 g/mol. The summed E-state index contributed by atoms with van der Waals surface area (Å²) in [7, 11) is 1.60. The zero-order chi connectivity index (χ0) is 24.1. The number of ether oxygens (including phenoxy) is 1. The lowest BCUT2D eigenvalue weighted by Gasteiger charge is -2.42. The van der Waals surface area contributed by atoms with Gasteiger partial charge in [-0.05, 0) is 61.2 Å². The van der Waals surface area contributed by atoms with Crippen LogP contribution in [0.4, 0.5) is 5.69 Å². The molecule has 1 atom stereocenters. The highest BCUT2D eigenvalue weighted by atomic mass is 16.5. The largest absolute Gasteiger partial charge is 0.497 e. The number of hydrogen-bond acceptors (Lipinski definition) is 5. The summed E-state index contributed by atoms with van der Waals surface area (Å²) in [4.78, 5) is 52.9. The van der Waals surface area contributed by atoms with Crippen molar-refractivity contribution in [1.29, 1.82) is 0 Å². The maximum absolute atomic E-state index is 12.7. The molecule has 178 valence electrons. The molecule has 2 aliphatic heterocycles. The fourth-order valence-corrected chi connectivity index (χ4v) is 4.27. The molecule has 0 aliphatic carbocycles. The summed E-state index contributed by atoms with van der Waals surface area (Å²) in [5, 5.41) is 5.58. The van der Waals surface area contributed by atoms with Gasteiger partial charge in [0.25, 0.3) is 5.91 Å².